The van der Waals surface area contributed by atoms with Crippen LogP contribution in [0.5, 0.6) is 0 Å². The highest BCUT2D eigenvalue weighted by molar-refractivity contribution is 7.91. The lowest BCUT2D eigenvalue weighted by molar-refractivity contribution is -0.150. The highest BCUT2D eigenvalue weighted by Gasteiger charge is 2.51. The van der Waals surface area contributed by atoms with Gasteiger partial charge < -0.3 is 10.2 Å². The van der Waals surface area contributed by atoms with Crippen molar-refractivity contribution in [3.63, 3.8) is 0 Å². The lowest BCUT2D eigenvalue weighted by Crippen LogP contribution is -2.65. The third kappa shape index (κ3) is 3.07. The van der Waals surface area contributed by atoms with Crippen LogP contribution in [0.15, 0.2) is 0 Å². The summed E-state index contributed by atoms with van der Waals surface area (Å²) in [4.78, 5) is 26.5. The molecule has 1 saturated heterocycles. The van der Waals surface area contributed by atoms with Crippen LogP contribution in [-0.2, 0) is 19.4 Å². The monoisotopic (exact) mass is 314 g/mol. The predicted molar refractivity (Wildman–Crippen MR) is 77.2 cm³/mol. The summed E-state index contributed by atoms with van der Waals surface area (Å²) in [7, 11) is -3.14. The number of nitrogens with one attached hydrogen (secondary N) is 1. The van der Waals surface area contributed by atoms with Crippen molar-refractivity contribution in [2.75, 3.05) is 18.1 Å². The fourth-order valence-corrected chi connectivity index (χ4v) is 3.78. The average molecular weight is 314 g/mol. The molecule has 21 heavy (non-hydrogen) atoms. The summed E-state index contributed by atoms with van der Waals surface area (Å²) < 4.78 is 23.4. The van der Waals surface area contributed by atoms with Gasteiger partial charge in [-0.15, -0.1) is 0 Å². The van der Waals surface area contributed by atoms with Crippen LogP contribution in [0, 0.1) is 11.8 Å². The molecular weight excluding hydrogens is 292 g/mol. The van der Waals surface area contributed by atoms with Crippen LogP contribution in [0.2, 0.25) is 0 Å². The molecule has 3 aliphatic rings. The summed E-state index contributed by atoms with van der Waals surface area (Å²) in [6.45, 7) is 1.75. The van der Waals surface area contributed by atoms with Gasteiger partial charge in [-0.2, -0.15) is 0 Å². The van der Waals surface area contributed by atoms with E-state index in [1.807, 2.05) is 0 Å². The highest BCUT2D eigenvalue weighted by Crippen LogP contribution is 2.40. The predicted octanol–water partition coefficient (Wildman–Crippen LogP) is -0.0633. The number of nitrogens with zero attached hydrogens (tertiary/aromatic N) is 1. The number of sulfone groups is 1. The molecule has 1 N–H and O–H groups in total. The van der Waals surface area contributed by atoms with E-state index in [2.05, 4.69) is 5.32 Å². The van der Waals surface area contributed by atoms with Gasteiger partial charge in [0.25, 0.3) is 0 Å². The van der Waals surface area contributed by atoms with E-state index in [1.54, 1.807) is 11.8 Å². The minimum absolute atomic E-state index is 0.0525. The normalized spacial score (nSPS) is 30.4. The first-order valence-corrected chi connectivity index (χ1v) is 9.56. The topological polar surface area (TPSA) is 83.6 Å². The first-order chi connectivity index (χ1) is 9.93. The summed E-state index contributed by atoms with van der Waals surface area (Å²) in [5.41, 5.74) is 0. The summed E-state index contributed by atoms with van der Waals surface area (Å²) >= 11 is 0. The molecule has 0 radical (unpaired) electrons. The minimum atomic E-state index is -3.14. The van der Waals surface area contributed by atoms with Gasteiger partial charge in [0.1, 0.15) is 12.1 Å². The molecule has 2 aliphatic carbocycles. The fourth-order valence-electron chi connectivity index (χ4n) is 3.02. The van der Waals surface area contributed by atoms with Crippen molar-refractivity contribution in [3.05, 3.63) is 0 Å². The van der Waals surface area contributed by atoms with Crippen LogP contribution < -0.4 is 5.32 Å². The van der Waals surface area contributed by atoms with Crippen LogP contribution in [0.3, 0.4) is 0 Å². The van der Waals surface area contributed by atoms with Crippen molar-refractivity contribution >= 4 is 21.7 Å². The minimum Gasteiger partial charge on any atom is -0.342 e. The summed E-state index contributed by atoms with van der Waals surface area (Å²) in [5, 5.41) is 2.86. The van der Waals surface area contributed by atoms with E-state index in [-0.39, 0.29) is 41.7 Å². The van der Waals surface area contributed by atoms with Crippen LogP contribution in [-0.4, -0.2) is 55.3 Å². The SMILES string of the molecule is CCS(=O)(=O)CCN1C(=O)C(C2CC2)NC(=O)C1C1CC1. The van der Waals surface area contributed by atoms with Gasteiger partial charge in [0.2, 0.25) is 11.8 Å². The summed E-state index contributed by atoms with van der Waals surface area (Å²) in [6, 6.07) is -0.892. The molecule has 2 amide bonds. The Bertz CT molecular complexity index is 551. The molecule has 7 heteroatoms. The number of carbonyl (C=O) groups excluding carboxylic acids is 2. The Morgan fingerprint density at radius 2 is 1.76 bits per heavy atom. The third-order valence-electron chi connectivity index (χ3n) is 4.70. The Morgan fingerprint density at radius 1 is 1.14 bits per heavy atom. The first-order valence-electron chi connectivity index (χ1n) is 7.74. The molecule has 0 aromatic rings. The molecule has 6 nitrogen and oxygen atoms in total. The van der Waals surface area contributed by atoms with Crippen LogP contribution >= 0.6 is 0 Å². The molecule has 1 heterocycles. The van der Waals surface area contributed by atoms with Crippen molar-refractivity contribution in [1.82, 2.24) is 10.2 Å². The molecule has 118 valence electrons. The lowest BCUT2D eigenvalue weighted by atomic mass is 10.0. The van der Waals surface area contributed by atoms with E-state index < -0.39 is 21.9 Å². The number of hydrogen-bond donors (Lipinski definition) is 1. The van der Waals surface area contributed by atoms with Gasteiger partial charge in [-0.25, -0.2) is 8.42 Å². The first kappa shape index (κ1) is 14.8. The van der Waals surface area contributed by atoms with Crippen LogP contribution in [0.25, 0.3) is 0 Å². The average Bonchev–Trinajstić information content (AvgIpc) is 3.30. The molecule has 2 saturated carbocycles. The molecule has 1 aliphatic heterocycles. The smallest absolute Gasteiger partial charge is 0.246 e. The number of piperazine rings is 1. The van der Waals surface area contributed by atoms with E-state index in [0.29, 0.717) is 0 Å². The molecule has 0 aromatic carbocycles. The van der Waals surface area contributed by atoms with Gasteiger partial charge in [0, 0.05) is 12.3 Å². The standard InChI is InChI=1S/C14H22N2O4S/c1-2-21(19,20)8-7-16-12(10-5-6-10)13(17)15-11(14(16)18)9-3-4-9/h9-12H,2-8H2,1H3,(H,15,17). The number of rotatable bonds is 6. The van der Waals surface area contributed by atoms with Crippen molar-refractivity contribution in [1.29, 1.82) is 0 Å². The molecule has 3 rings (SSSR count). The molecule has 2 unspecified atom stereocenters. The maximum atomic E-state index is 12.6. The van der Waals surface area contributed by atoms with E-state index in [0.717, 1.165) is 25.7 Å². The lowest BCUT2D eigenvalue weighted by Gasteiger charge is -2.39. The summed E-state index contributed by atoms with van der Waals surface area (Å²) in [6.07, 6.45) is 3.81. The maximum Gasteiger partial charge on any atom is 0.246 e. The second-order valence-electron chi connectivity index (χ2n) is 6.37. The van der Waals surface area contributed by atoms with Crippen LogP contribution in [0.1, 0.15) is 32.6 Å². The van der Waals surface area contributed by atoms with Crippen molar-refractivity contribution in [2.24, 2.45) is 11.8 Å². The van der Waals surface area contributed by atoms with Gasteiger partial charge in [-0.1, -0.05) is 6.92 Å². The van der Waals surface area contributed by atoms with E-state index in [1.165, 1.54) is 0 Å². The molecule has 2 atom stereocenters. The Morgan fingerprint density at radius 3 is 2.29 bits per heavy atom. The maximum absolute atomic E-state index is 12.6. The zero-order valence-corrected chi connectivity index (χ0v) is 13.1. The quantitative estimate of drug-likeness (QED) is 0.744. The van der Waals surface area contributed by atoms with Crippen molar-refractivity contribution in [2.45, 2.75) is 44.7 Å². The number of amides is 2. The molecule has 0 bridgehead atoms. The summed E-state index contributed by atoms with van der Waals surface area (Å²) in [5.74, 6) is 0.290. The van der Waals surface area contributed by atoms with Crippen molar-refractivity contribution < 1.29 is 18.0 Å². The third-order valence-corrected chi connectivity index (χ3v) is 6.38. The largest absolute Gasteiger partial charge is 0.342 e. The molecule has 0 aromatic heterocycles. The Labute approximate surface area is 125 Å². The van der Waals surface area contributed by atoms with Gasteiger partial charge in [0.15, 0.2) is 9.84 Å². The Balaban J connectivity index is 1.76. The second-order valence-corrected chi connectivity index (χ2v) is 8.85. The van der Waals surface area contributed by atoms with Gasteiger partial charge in [-0.05, 0) is 37.5 Å². The zero-order valence-electron chi connectivity index (χ0n) is 12.2. The highest BCUT2D eigenvalue weighted by atomic mass is 32.2. The fraction of sp³-hybridized carbons (Fsp3) is 0.857. The van der Waals surface area contributed by atoms with Crippen molar-refractivity contribution in [3.8, 4) is 0 Å². The number of carbonyl (C=O) groups is 2. The number of hydrogen-bond acceptors (Lipinski definition) is 4. The van der Waals surface area contributed by atoms with Gasteiger partial charge in [-0.3, -0.25) is 9.59 Å². The zero-order chi connectivity index (χ0) is 15.2. The van der Waals surface area contributed by atoms with Gasteiger partial charge >= 0.3 is 0 Å². The van der Waals surface area contributed by atoms with E-state index in [4.69, 9.17) is 0 Å². The van der Waals surface area contributed by atoms with Gasteiger partial charge in [0.05, 0.1) is 5.75 Å². The molecule has 0 spiro atoms. The molecular formula is C14H22N2O4S. The molecule has 3 fully saturated rings. The van der Waals surface area contributed by atoms with E-state index >= 15 is 0 Å². The van der Waals surface area contributed by atoms with E-state index in [9.17, 15) is 18.0 Å². The van der Waals surface area contributed by atoms with Crippen LogP contribution in [0.4, 0.5) is 0 Å². The second kappa shape index (κ2) is 5.26. The Hall–Kier alpha value is -1.11. The Kier molecular flexibility index (Phi) is 3.71.